The van der Waals surface area contributed by atoms with E-state index in [1.807, 2.05) is 71.6 Å². The molecule has 3 aromatic rings. The standard InChI is InChI=1S/C23H20N2O4/c1-27-19-9-5-3-7-17(19)22-24-18-8-4-2-6-16(18)23(26)25(22)13-15-10-11-20-21(12-15)29-14-28-20/h2-12,22,24H,13-14H2,1H3/t22-/m0/s1. The average Bonchev–Trinajstić information content (AvgIpc) is 3.23. The molecule has 6 nitrogen and oxygen atoms in total. The normalized spacial score (nSPS) is 16.9. The van der Waals surface area contributed by atoms with E-state index in [0.717, 1.165) is 28.3 Å². The highest BCUT2D eigenvalue weighted by atomic mass is 16.7. The molecule has 0 unspecified atom stereocenters. The summed E-state index contributed by atoms with van der Waals surface area (Å²) < 4.78 is 16.5. The van der Waals surface area contributed by atoms with Crippen molar-refractivity contribution in [3.05, 3.63) is 83.4 Å². The molecule has 6 heteroatoms. The SMILES string of the molecule is COc1ccccc1[C@H]1Nc2ccccc2C(=O)N1Cc1ccc2c(c1)OCO2. The van der Waals surface area contributed by atoms with Gasteiger partial charge in [-0.05, 0) is 35.9 Å². The van der Waals surface area contributed by atoms with Gasteiger partial charge < -0.3 is 24.4 Å². The molecule has 2 aliphatic heterocycles. The van der Waals surface area contributed by atoms with E-state index in [-0.39, 0.29) is 18.9 Å². The first-order chi connectivity index (χ1) is 14.2. The van der Waals surface area contributed by atoms with Crippen LogP contribution in [0.4, 0.5) is 5.69 Å². The molecule has 1 amide bonds. The summed E-state index contributed by atoms with van der Waals surface area (Å²) in [5, 5.41) is 3.51. The lowest BCUT2D eigenvalue weighted by Gasteiger charge is -2.38. The Morgan fingerprint density at radius 3 is 2.72 bits per heavy atom. The maximum Gasteiger partial charge on any atom is 0.258 e. The molecule has 146 valence electrons. The molecule has 0 aliphatic carbocycles. The Labute approximate surface area is 168 Å². The number of anilines is 1. The van der Waals surface area contributed by atoms with Crippen molar-refractivity contribution in [3.8, 4) is 17.2 Å². The van der Waals surface area contributed by atoms with Crippen molar-refractivity contribution in [3.63, 3.8) is 0 Å². The zero-order valence-corrected chi connectivity index (χ0v) is 15.9. The van der Waals surface area contributed by atoms with Gasteiger partial charge in [0.2, 0.25) is 6.79 Å². The largest absolute Gasteiger partial charge is 0.496 e. The lowest BCUT2D eigenvalue weighted by Crippen LogP contribution is -2.42. The number of nitrogens with zero attached hydrogens (tertiary/aromatic N) is 1. The highest BCUT2D eigenvalue weighted by Gasteiger charge is 2.34. The molecular formula is C23H20N2O4. The van der Waals surface area contributed by atoms with Gasteiger partial charge in [0, 0.05) is 17.8 Å². The van der Waals surface area contributed by atoms with Gasteiger partial charge in [-0.25, -0.2) is 0 Å². The zero-order chi connectivity index (χ0) is 19.8. The molecule has 2 aliphatic rings. The number of benzene rings is 3. The van der Waals surface area contributed by atoms with Crippen LogP contribution in [0.2, 0.25) is 0 Å². The monoisotopic (exact) mass is 388 g/mol. The summed E-state index contributed by atoms with van der Waals surface area (Å²) in [6, 6.07) is 21.1. The van der Waals surface area contributed by atoms with E-state index in [4.69, 9.17) is 14.2 Å². The molecule has 0 bridgehead atoms. The van der Waals surface area contributed by atoms with Crippen molar-refractivity contribution in [2.75, 3.05) is 19.2 Å². The van der Waals surface area contributed by atoms with Gasteiger partial charge >= 0.3 is 0 Å². The van der Waals surface area contributed by atoms with Crippen molar-refractivity contribution in [1.29, 1.82) is 0 Å². The Kier molecular flexibility index (Phi) is 4.24. The molecular weight excluding hydrogens is 368 g/mol. The van der Waals surface area contributed by atoms with Gasteiger partial charge in [0.05, 0.1) is 12.7 Å². The molecule has 29 heavy (non-hydrogen) atoms. The smallest absolute Gasteiger partial charge is 0.258 e. The second kappa shape index (κ2) is 7.05. The number of carbonyl (C=O) groups is 1. The zero-order valence-electron chi connectivity index (χ0n) is 15.9. The van der Waals surface area contributed by atoms with Gasteiger partial charge in [0.15, 0.2) is 11.5 Å². The predicted molar refractivity (Wildman–Crippen MR) is 108 cm³/mol. The van der Waals surface area contributed by atoms with E-state index < -0.39 is 0 Å². The van der Waals surface area contributed by atoms with Crippen LogP contribution in [0.3, 0.4) is 0 Å². The minimum Gasteiger partial charge on any atom is -0.496 e. The van der Waals surface area contributed by atoms with Crippen LogP contribution >= 0.6 is 0 Å². The Bertz CT molecular complexity index is 1080. The first-order valence-corrected chi connectivity index (χ1v) is 9.42. The van der Waals surface area contributed by atoms with Crippen molar-refractivity contribution in [2.24, 2.45) is 0 Å². The van der Waals surface area contributed by atoms with Crippen LogP contribution in [0.5, 0.6) is 17.2 Å². The Morgan fingerprint density at radius 2 is 1.83 bits per heavy atom. The molecule has 0 fully saturated rings. The quantitative estimate of drug-likeness (QED) is 0.726. The Hall–Kier alpha value is -3.67. The van der Waals surface area contributed by atoms with Gasteiger partial charge in [-0.2, -0.15) is 0 Å². The molecule has 1 atom stereocenters. The van der Waals surface area contributed by atoms with Crippen molar-refractivity contribution >= 4 is 11.6 Å². The number of carbonyl (C=O) groups excluding carboxylic acids is 1. The van der Waals surface area contributed by atoms with Crippen molar-refractivity contribution in [1.82, 2.24) is 4.90 Å². The molecule has 3 aromatic carbocycles. The number of hydrogen-bond donors (Lipinski definition) is 1. The average molecular weight is 388 g/mol. The summed E-state index contributed by atoms with van der Waals surface area (Å²) in [5.41, 5.74) is 3.33. The second-order valence-electron chi connectivity index (χ2n) is 6.96. The first-order valence-electron chi connectivity index (χ1n) is 9.42. The van der Waals surface area contributed by atoms with E-state index in [2.05, 4.69) is 5.32 Å². The fourth-order valence-corrected chi connectivity index (χ4v) is 3.83. The van der Waals surface area contributed by atoms with Crippen LogP contribution in [0.25, 0.3) is 0 Å². The molecule has 0 radical (unpaired) electrons. The lowest BCUT2D eigenvalue weighted by atomic mass is 10.0. The first kappa shape index (κ1) is 17.4. The number of ether oxygens (including phenoxy) is 3. The van der Waals surface area contributed by atoms with E-state index in [0.29, 0.717) is 17.9 Å². The summed E-state index contributed by atoms with van der Waals surface area (Å²) in [6.07, 6.45) is -0.362. The maximum atomic E-state index is 13.4. The van der Waals surface area contributed by atoms with E-state index in [9.17, 15) is 4.79 Å². The third-order valence-corrected chi connectivity index (χ3v) is 5.25. The Morgan fingerprint density at radius 1 is 1.03 bits per heavy atom. The minimum atomic E-state index is -0.362. The van der Waals surface area contributed by atoms with Gasteiger partial charge in [0.25, 0.3) is 5.91 Å². The third kappa shape index (κ3) is 3.02. The highest BCUT2D eigenvalue weighted by Crippen LogP contribution is 2.39. The molecule has 0 saturated heterocycles. The van der Waals surface area contributed by atoms with Crippen LogP contribution in [-0.2, 0) is 6.54 Å². The molecule has 1 N–H and O–H groups in total. The van der Waals surface area contributed by atoms with E-state index in [1.165, 1.54) is 0 Å². The number of methoxy groups -OCH3 is 1. The number of hydrogen-bond acceptors (Lipinski definition) is 5. The fraction of sp³-hybridized carbons (Fsp3) is 0.174. The number of nitrogens with one attached hydrogen (secondary N) is 1. The highest BCUT2D eigenvalue weighted by molar-refractivity contribution is 6.01. The number of para-hydroxylation sites is 2. The van der Waals surface area contributed by atoms with Crippen LogP contribution < -0.4 is 19.5 Å². The summed E-state index contributed by atoms with van der Waals surface area (Å²) in [5.74, 6) is 2.12. The van der Waals surface area contributed by atoms with Gasteiger partial charge in [0.1, 0.15) is 11.9 Å². The molecule has 0 spiro atoms. The minimum absolute atomic E-state index is 0.0343. The van der Waals surface area contributed by atoms with Crippen LogP contribution in [-0.4, -0.2) is 24.7 Å². The van der Waals surface area contributed by atoms with Crippen LogP contribution in [0.1, 0.15) is 27.7 Å². The van der Waals surface area contributed by atoms with Crippen LogP contribution in [0.15, 0.2) is 66.7 Å². The van der Waals surface area contributed by atoms with Gasteiger partial charge in [-0.15, -0.1) is 0 Å². The van der Waals surface area contributed by atoms with Crippen molar-refractivity contribution in [2.45, 2.75) is 12.7 Å². The van der Waals surface area contributed by atoms with Crippen LogP contribution in [0, 0.1) is 0 Å². The third-order valence-electron chi connectivity index (χ3n) is 5.25. The molecule has 0 saturated carbocycles. The van der Waals surface area contributed by atoms with Crippen molar-refractivity contribution < 1.29 is 19.0 Å². The molecule has 2 heterocycles. The summed E-state index contributed by atoms with van der Waals surface area (Å²) in [7, 11) is 1.64. The van der Waals surface area contributed by atoms with E-state index in [1.54, 1.807) is 7.11 Å². The Balaban J connectivity index is 1.56. The van der Waals surface area contributed by atoms with E-state index >= 15 is 0 Å². The second-order valence-corrected chi connectivity index (χ2v) is 6.96. The number of amides is 1. The maximum absolute atomic E-state index is 13.4. The fourth-order valence-electron chi connectivity index (χ4n) is 3.83. The molecule has 5 rings (SSSR count). The van der Waals surface area contributed by atoms with Gasteiger partial charge in [-0.3, -0.25) is 4.79 Å². The summed E-state index contributed by atoms with van der Waals surface area (Å²) >= 11 is 0. The number of rotatable bonds is 4. The molecule has 0 aromatic heterocycles. The predicted octanol–water partition coefficient (Wildman–Crippen LogP) is 4.19. The summed E-state index contributed by atoms with van der Waals surface area (Å²) in [4.78, 5) is 15.2. The lowest BCUT2D eigenvalue weighted by molar-refractivity contribution is 0.0664. The summed E-state index contributed by atoms with van der Waals surface area (Å²) in [6.45, 7) is 0.639. The topological polar surface area (TPSA) is 60.0 Å². The number of fused-ring (bicyclic) bond motifs is 2. The van der Waals surface area contributed by atoms with Gasteiger partial charge in [-0.1, -0.05) is 36.4 Å².